The van der Waals surface area contributed by atoms with Crippen molar-refractivity contribution in [3.05, 3.63) is 50.6 Å². The molecule has 1 aromatic carbocycles. The molecule has 1 amide bonds. The Hall–Kier alpha value is -1.86. The van der Waals surface area contributed by atoms with E-state index in [0.717, 1.165) is 41.2 Å². The van der Waals surface area contributed by atoms with Crippen molar-refractivity contribution in [2.24, 2.45) is 4.99 Å². The molecule has 0 spiro atoms. The van der Waals surface area contributed by atoms with Gasteiger partial charge in [0, 0.05) is 47.0 Å². The van der Waals surface area contributed by atoms with Crippen molar-refractivity contribution >= 4 is 44.8 Å². The van der Waals surface area contributed by atoms with Gasteiger partial charge in [0.05, 0.1) is 6.54 Å². The van der Waals surface area contributed by atoms with Crippen LogP contribution in [0.2, 0.25) is 0 Å². The molecule has 1 aromatic heterocycles. The minimum atomic E-state index is 0.218. The Morgan fingerprint density at radius 2 is 2.04 bits per heavy atom. The molecule has 2 heterocycles. The van der Waals surface area contributed by atoms with Crippen molar-refractivity contribution in [1.82, 2.24) is 10.6 Å². The lowest BCUT2D eigenvalue weighted by Gasteiger charge is -2.16. The van der Waals surface area contributed by atoms with Crippen LogP contribution in [0.15, 0.2) is 45.2 Å². The number of benzene rings is 1. The van der Waals surface area contributed by atoms with Gasteiger partial charge in [-0.15, -0.1) is 11.3 Å². The van der Waals surface area contributed by atoms with Crippen LogP contribution in [0.3, 0.4) is 0 Å². The first kappa shape index (κ1) is 17.9. The Morgan fingerprint density at radius 3 is 2.64 bits per heavy atom. The average Bonchev–Trinajstić information content (AvgIpc) is 3.24. The van der Waals surface area contributed by atoms with Crippen molar-refractivity contribution < 1.29 is 4.79 Å². The standard InChI is InChI=1S/C18H21BrN4OS/c1-20-18(22-11-16-9-14(19)12-25-16)21-10-13-4-6-15(7-5-13)23-8-2-3-17(23)24/h4-7,9,12H,2-3,8,10-11H2,1H3,(H2,20,21,22). The maximum absolute atomic E-state index is 11.8. The lowest BCUT2D eigenvalue weighted by atomic mass is 10.2. The summed E-state index contributed by atoms with van der Waals surface area (Å²) >= 11 is 5.17. The molecule has 0 saturated carbocycles. The predicted octanol–water partition coefficient (Wildman–Crippen LogP) is 3.50. The number of thiophene rings is 1. The number of aliphatic imine (C=N–C) groups is 1. The van der Waals surface area contributed by atoms with Crippen molar-refractivity contribution in [3.63, 3.8) is 0 Å². The van der Waals surface area contributed by atoms with Gasteiger partial charge in [0.1, 0.15) is 0 Å². The van der Waals surface area contributed by atoms with E-state index in [-0.39, 0.29) is 5.91 Å². The monoisotopic (exact) mass is 420 g/mol. The number of rotatable bonds is 5. The lowest BCUT2D eigenvalue weighted by Crippen LogP contribution is -2.36. The van der Waals surface area contributed by atoms with E-state index in [0.29, 0.717) is 13.0 Å². The van der Waals surface area contributed by atoms with Gasteiger partial charge < -0.3 is 15.5 Å². The Kier molecular flexibility index (Phi) is 6.09. The topological polar surface area (TPSA) is 56.7 Å². The van der Waals surface area contributed by atoms with E-state index in [2.05, 4.69) is 55.1 Å². The van der Waals surface area contributed by atoms with E-state index in [1.807, 2.05) is 17.0 Å². The summed E-state index contributed by atoms with van der Waals surface area (Å²) in [7, 11) is 1.77. The average molecular weight is 421 g/mol. The first-order valence-corrected chi connectivity index (χ1v) is 9.90. The molecule has 2 aromatic rings. The molecule has 1 aliphatic heterocycles. The largest absolute Gasteiger partial charge is 0.352 e. The second-order valence-corrected chi connectivity index (χ2v) is 7.74. The third-order valence-corrected chi connectivity index (χ3v) is 5.75. The van der Waals surface area contributed by atoms with E-state index >= 15 is 0 Å². The number of halogens is 1. The van der Waals surface area contributed by atoms with Gasteiger partial charge in [-0.2, -0.15) is 0 Å². The minimum Gasteiger partial charge on any atom is -0.352 e. The fourth-order valence-corrected chi connectivity index (χ4v) is 4.13. The van der Waals surface area contributed by atoms with Crippen molar-refractivity contribution in [2.45, 2.75) is 25.9 Å². The number of carbonyl (C=O) groups excluding carboxylic acids is 1. The fraction of sp³-hybridized carbons (Fsp3) is 0.333. The summed E-state index contributed by atoms with van der Waals surface area (Å²) in [5.41, 5.74) is 2.13. The highest BCUT2D eigenvalue weighted by atomic mass is 79.9. The molecular formula is C18H21BrN4OS. The summed E-state index contributed by atoms with van der Waals surface area (Å²) in [5, 5.41) is 8.69. The SMILES string of the molecule is CN=C(NCc1ccc(N2CCCC2=O)cc1)NCc1cc(Br)cs1. The molecular weight excluding hydrogens is 400 g/mol. The predicted molar refractivity (Wildman–Crippen MR) is 107 cm³/mol. The number of carbonyl (C=O) groups is 1. The molecule has 0 aliphatic carbocycles. The number of hydrogen-bond donors (Lipinski definition) is 2. The zero-order valence-corrected chi connectivity index (χ0v) is 16.5. The molecule has 0 radical (unpaired) electrons. The minimum absolute atomic E-state index is 0.218. The number of nitrogens with zero attached hydrogens (tertiary/aromatic N) is 2. The van der Waals surface area contributed by atoms with Crippen molar-refractivity contribution in [2.75, 3.05) is 18.5 Å². The summed E-state index contributed by atoms with van der Waals surface area (Å²) in [5.74, 6) is 0.985. The number of amides is 1. The number of hydrogen-bond acceptors (Lipinski definition) is 3. The molecule has 1 fully saturated rings. The third kappa shape index (κ3) is 4.83. The van der Waals surface area contributed by atoms with Crippen LogP contribution in [0, 0.1) is 0 Å². The smallest absolute Gasteiger partial charge is 0.227 e. The first-order chi connectivity index (χ1) is 12.2. The number of nitrogens with one attached hydrogen (secondary N) is 2. The van der Waals surface area contributed by atoms with E-state index < -0.39 is 0 Å². The number of anilines is 1. The van der Waals surface area contributed by atoms with Gasteiger partial charge in [0.15, 0.2) is 5.96 Å². The molecule has 3 rings (SSSR count). The second kappa shape index (κ2) is 8.49. The highest BCUT2D eigenvalue weighted by Gasteiger charge is 2.21. The normalized spacial score (nSPS) is 14.9. The van der Waals surface area contributed by atoms with E-state index in [4.69, 9.17) is 0 Å². The van der Waals surface area contributed by atoms with Crippen LogP contribution in [-0.4, -0.2) is 25.5 Å². The van der Waals surface area contributed by atoms with Crippen LogP contribution in [-0.2, 0) is 17.9 Å². The van der Waals surface area contributed by atoms with Crippen LogP contribution in [0.4, 0.5) is 5.69 Å². The van der Waals surface area contributed by atoms with Gasteiger partial charge in [-0.3, -0.25) is 9.79 Å². The van der Waals surface area contributed by atoms with E-state index in [1.54, 1.807) is 18.4 Å². The highest BCUT2D eigenvalue weighted by Crippen LogP contribution is 2.21. The maximum atomic E-state index is 11.8. The zero-order valence-electron chi connectivity index (χ0n) is 14.1. The van der Waals surface area contributed by atoms with Crippen LogP contribution >= 0.6 is 27.3 Å². The highest BCUT2D eigenvalue weighted by molar-refractivity contribution is 9.10. The molecule has 0 unspecified atom stereocenters. The summed E-state index contributed by atoms with van der Waals surface area (Å²) < 4.78 is 1.11. The van der Waals surface area contributed by atoms with Gasteiger partial charge in [-0.05, 0) is 46.1 Å². The molecule has 0 bridgehead atoms. The first-order valence-electron chi connectivity index (χ1n) is 8.22. The van der Waals surface area contributed by atoms with Gasteiger partial charge in [0.25, 0.3) is 0 Å². The number of guanidine groups is 1. The van der Waals surface area contributed by atoms with Crippen molar-refractivity contribution in [1.29, 1.82) is 0 Å². The fourth-order valence-electron chi connectivity index (χ4n) is 2.74. The van der Waals surface area contributed by atoms with Crippen molar-refractivity contribution in [3.8, 4) is 0 Å². The quantitative estimate of drug-likeness (QED) is 0.574. The molecule has 132 valence electrons. The van der Waals surface area contributed by atoms with Gasteiger partial charge >= 0.3 is 0 Å². The van der Waals surface area contributed by atoms with Crippen LogP contribution in [0.1, 0.15) is 23.3 Å². The van der Waals surface area contributed by atoms with E-state index in [1.165, 1.54) is 4.88 Å². The third-order valence-electron chi connectivity index (χ3n) is 4.06. The van der Waals surface area contributed by atoms with Gasteiger partial charge in [0.2, 0.25) is 5.91 Å². The molecule has 1 aliphatic rings. The Labute approximate surface area is 160 Å². The van der Waals surface area contributed by atoms with Gasteiger partial charge in [-0.1, -0.05) is 12.1 Å². The molecule has 5 nitrogen and oxygen atoms in total. The molecule has 2 N–H and O–H groups in total. The Bertz CT molecular complexity index is 757. The Balaban J connectivity index is 1.50. The Morgan fingerprint density at radius 1 is 1.28 bits per heavy atom. The van der Waals surface area contributed by atoms with E-state index in [9.17, 15) is 4.79 Å². The molecule has 25 heavy (non-hydrogen) atoms. The molecule has 1 saturated heterocycles. The summed E-state index contributed by atoms with van der Waals surface area (Å²) in [6.07, 6.45) is 1.61. The summed E-state index contributed by atoms with van der Waals surface area (Å²) in [6.45, 7) is 2.25. The lowest BCUT2D eigenvalue weighted by molar-refractivity contribution is -0.117. The van der Waals surface area contributed by atoms with Crippen LogP contribution in [0.5, 0.6) is 0 Å². The maximum Gasteiger partial charge on any atom is 0.227 e. The molecule has 0 atom stereocenters. The second-order valence-electron chi connectivity index (χ2n) is 5.83. The van der Waals surface area contributed by atoms with Gasteiger partial charge in [-0.25, -0.2) is 0 Å². The zero-order chi connectivity index (χ0) is 17.6. The molecule has 7 heteroatoms. The van der Waals surface area contributed by atoms with Crippen LogP contribution < -0.4 is 15.5 Å². The van der Waals surface area contributed by atoms with Crippen LogP contribution in [0.25, 0.3) is 0 Å². The summed E-state index contributed by atoms with van der Waals surface area (Å²) in [6, 6.07) is 10.2. The summed E-state index contributed by atoms with van der Waals surface area (Å²) in [4.78, 5) is 19.1.